The van der Waals surface area contributed by atoms with E-state index in [4.69, 9.17) is 19.2 Å². The number of aromatic amines is 1. The number of nitrogens with one attached hydrogen (secondary N) is 1. The highest BCUT2D eigenvalue weighted by atomic mass is 32.2. The van der Waals surface area contributed by atoms with Crippen LogP contribution in [0.1, 0.15) is 5.69 Å². The maximum atomic E-state index is 5.38. The zero-order chi connectivity index (χ0) is 19.5. The number of rotatable bonds is 7. The first kappa shape index (κ1) is 18.6. The smallest absolute Gasteiger partial charge is 0.166 e. The molecule has 1 N–H and O–H groups in total. The van der Waals surface area contributed by atoms with Crippen LogP contribution < -0.4 is 14.2 Å². The number of aromatic nitrogens is 3. The lowest BCUT2D eigenvalue weighted by atomic mass is 10.2. The predicted molar refractivity (Wildman–Crippen MR) is 113 cm³/mol. The van der Waals surface area contributed by atoms with Crippen molar-refractivity contribution in [2.45, 2.75) is 10.9 Å². The minimum atomic E-state index is 0.698. The largest absolute Gasteiger partial charge is 0.497 e. The van der Waals surface area contributed by atoms with Crippen LogP contribution in [0.25, 0.3) is 21.6 Å². The summed E-state index contributed by atoms with van der Waals surface area (Å²) in [5.74, 6) is 2.96. The Bertz CT molecular complexity index is 1110. The molecule has 28 heavy (non-hydrogen) atoms. The fraction of sp³-hybridized carbons (Fsp3) is 0.200. The molecule has 0 spiro atoms. The summed E-state index contributed by atoms with van der Waals surface area (Å²) in [4.78, 5) is 12.7. The van der Waals surface area contributed by atoms with E-state index < -0.39 is 0 Å². The van der Waals surface area contributed by atoms with Crippen LogP contribution in [0, 0.1) is 0 Å². The highest BCUT2D eigenvalue weighted by Crippen LogP contribution is 2.34. The van der Waals surface area contributed by atoms with Crippen LogP contribution in [-0.4, -0.2) is 36.3 Å². The van der Waals surface area contributed by atoms with Crippen LogP contribution in [-0.2, 0) is 5.75 Å². The number of H-pyrrole nitrogens is 1. The van der Waals surface area contributed by atoms with Gasteiger partial charge in [0.15, 0.2) is 16.7 Å². The number of methoxy groups -OCH3 is 3. The second-order valence-electron chi connectivity index (χ2n) is 5.93. The molecule has 6 nitrogen and oxygen atoms in total. The van der Waals surface area contributed by atoms with Crippen molar-refractivity contribution >= 4 is 34.1 Å². The zero-order valence-corrected chi connectivity index (χ0v) is 17.3. The Kier molecular flexibility index (Phi) is 5.40. The normalized spacial score (nSPS) is 11.0. The van der Waals surface area contributed by atoms with Gasteiger partial charge in [-0.1, -0.05) is 11.8 Å². The van der Waals surface area contributed by atoms with Gasteiger partial charge in [-0.2, -0.15) is 0 Å². The van der Waals surface area contributed by atoms with Crippen molar-refractivity contribution in [1.29, 1.82) is 0 Å². The maximum absolute atomic E-state index is 5.38. The molecule has 4 rings (SSSR count). The van der Waals surface area contributed by atoms with Crippen LogP contribution in [0.3, 0.4) is 0 Å². The molecule has 144 valence electrons. The van der Waals surface area contributed by atoms with Gasteiger partial charge in [0, 0.05) is 22.8 Å². The van der Waals surface area contributed by atoms with E-state index in [2.05, 4.69) is 15.3 Å². The standard InChI is InChI=1S/C20H19N3O3S2/c1-24-14-5-6-15-16(9-14)23-20(22-15)28-11-13-10-27-19(21-13)12-4-7-17(25-2)18(8-12)26-3/h4-10H,11H2,1-3H3,(H,22,23). The van der Waals surface area contributed by atoms with E-state index in [0.29, 0.717) is 11.5 Å². The summed E-state index contributed by atoms with van der Waals surface area (Å²) in [6, 6.07) is 11.6. The third kappa shape index (κ3) is 3.79. The predicted octanol–water partition coefficient (Wildman–Crippen LogP) is 5.00. The Labute approximate surface area is 170 Å². The number of hydrogen-bond acceptors (Lipinski definition) is 7. The molecule has 0 saturated carbocycles. The van der Waals surface area contributed by atoms with E-state index in [1.165, 1.54) is 0 Å². The van der Waals surface area contributed by atoms with Crippen LogP contribution in [0.15, 0.2) is 46.9 Å². The van der Waals surface area contributed by atoms with Gasteiger partial charge in [-0.3, -0.25) is 0 Å². The molecule has 4 aromatic rings. The van der Waals surface area contributed by atoms with E-state index in [0.717, 1.165) is 44.0 Å². The molecule has 0 unspecified atom stereocenters. The van der Waals surface area contributed by atoms with E-state index >= 15 is 0 Å². The summed E-state index contributed by atoms with van der Waals surface area (Å²) in [7, 11) is 4.92. The number of imidazole rings is 1. The van der Waals surface area contributed by atoms with Crippen LogP contribution in [0.4, 0.5) is 0 Å². The van der Waals surface area contributed by atoms with Crippen molar-refractivity contribution in [2.75, 3.05) is 21.3 Å². The molecule has 2 heterocycles. The fourth-order valence-electron chi connectivity index (χ4n) is 2.78. The van der Waals surface area contributed by atoms with Crippen molar-refractivity contribution in [3.63, 3.8) is 0 Å². The van der Waals surface area contributed by atoms with Crippen molar-refractivity contribution in [1.82, 2.24) is 15.0 Å². The monoisotopic (exact) mass is 413 g/mol. The topological polar surface area (TPSA) is 69.3 Å². The summed E-state index contributed by atoms with van der Waals surface area (Å²) in [5.41, 5.74) is 3.91. The number of nitrogens with zero attached hydrogens (tertiary/aromatic N) is 2. The Morgan fingerprint density at radius 2 is 1.82 bits per heavy atom. The lowest BCUT2D eigenvalue weighted by Gasteiger charge is -2.08. The first-order chi connectivity index (χ1) is 13.7. The van der Waals surface area contributed by atoms with Gasteiger partial charge in [0.05, 0.1) is 38.1 Å². The summed E-state index contributed by atoms with van der Waals surface area (Å²) >= 11 is 3.24. The number of hydrogen-bond donors (Lipinski definition) is 1. The van der Waals surface area contributed by atoms with Crippen molar-refractivity contribution in [2.24, 2.45) is 0 Å². The Morgan fingerprint density at radius 3 is 2.61 bits per heavy atom. The fourth-order valence-corrected chi connectivity index (χ4v) is 4.48. The van der Waals surface area contributed by atoms with E-state index in [1.54, 1.807) is 44.4 Å². The van der Waals surface area contributed by atoms with Gasteiger partial charge in [0.25, 0.3) is 0 Å². The molecule has 0 atom stereocenters. The van der Waals surface area contributed by atoms with Gasteiger partial charge < -0.3 is 19.2 Å². The molecule has 0 bridgehead atoms. The maximum Gasteiger partial charge on any atom is 0.166 e. The van der Waals surface area contributed by atoms with Gasteiger partial charge in [-0.25, -0.2) is 9.97 Å². The number of fused-ring (bicyclic) bond motifs is 1. The SMILES string of the molecule is COc1ccc2nc(SCc3csc(-c4ccc(OC)c(OC)c4)n3)[nH]c2c1. The van der Waals surface area contributed by atoms with Crippen LogP contribution >= 0.6 is 23.1 Å². The molecule has 0 radical (unpaired) electrons. The molecular weight excluding hydrogens is 394 g/mol. The molecule has 0 amide bonds. The molecule has 0 aliphatic rings. The molecule has 0 aliphatic heterocycles. The lowest BCUT2D eigenvalue weighted by Crippen LogP contribution is -1.90. The Balaban J connectivity index is 1.48. The molecule has 0 fully saturated rings. The van der Waals surface area contributed by atoms with Crippen LogP contribution in [0.2, 0.25) is 0 Å². The van der Waals surface area contributed by atoms with Gasteiger partial charge in [-0.05, 0) is 30.3 Å². The first-order valence-electron chi connectivity index (χ1n) is 8.53. The van der Waals surface area contributed by atoms with Gasteiger partial charge in [0.2, 0.25) is 0 Å². The van der Waals surface area contributed by atoms with Gasteiger partial charge in [-0.15, -0.1) is 11.3 Å². The number of ether oxygens (including phenoxy) is 3. The van der Waals surface area contributed by atoms with Crippen molar-refractivity contribution in [3.8, 4) is 27.8 Å². The van der Waals surface area contributed by atoms with Gasteiger partial charge in [0.1, 0.15) is 10.8 Å². The van der Waals surface area contributed by atoms with E-state index in [9.17, 15) is 0 Å². The van der Waals surface area contributed by atoms with Crippen molar-refractivity contribution < 1.29 is 14.2 Å². The zero-order valence-electron chi connectivity index (χ0n) is 15.7. The third-order valence-corrected chi connectivity index (χ3v) is 6.05. The quantitative estimate of drug-likeness (QED) is 0.430. The first-order valence-corrected chi connectivity index (χ1v) is 10.4. The molecule has 0 aliphatic carbocycles. The summed E-state index contributed by atoms with van der Waals surface area (Å²) in [6.07, 6.45) is 0. The Hall–Kier alpha value is -2.71. The van der Waals surface area contributed by atoms with E-state index in [1.807, 2.05) is 36.4 Å². The second-order valence-corrected chi connectivity index (χ2v) is 7.75. The number of thiazole rings is 1. The Morgan fingerprint density at radius 1 is 0.964 bits per heavy atom. The molecule has 0 saturated heterocycles. The molecule has 2 aromatic heterocycles. The van der Waals surface area contributed by atoms with E-state index in [-0.39, 0.29) is 0 Å². The third-order valence-electron chi connectivity index (χ3n) is 4.21. The minimum Gasteiger partial charge on any atom is -0.497 e. The molecule has 2 aromatic carbocycles. The minimum absolute atomic E-state index is 0.698. The van der Waals surface area contributed by atoms with Gasteiger partial charge >= 0.3 is 0 Å². The molecular formula is C20H19N3O3S2. The summed E-state index contributed by atoms with van der Waals surface area (Å²) in [5, 5.41) is 3.89. The summed E-state index contributed by atoms with van der Waals surface area (Å²) in [6.45, 7) is 0. The summed E-state index contributed by atoms with van der Waals surface area (Å²) < 4.78 is 15.9. The average Bonchev–Trinajstić information content (AvgIpc) is 3.37. The van der Waals surface area contributed by atoms with Crippen LogP contribution in [0.5, 0.6) is 17.2 Å². The highest BCUT2D eigenvalue weighted by Gasteiger charge is 2.11. The average molecular weight is 414 g/mol. The van der Waals surface area contributed by atoms with Crippen molar-refractivity contribution in [3.05, 3.63) is 47.5 Å². The number of thioether (sulfide) groups is 1. The molecule has 8 heteroatoms. The lowest BCUT2D eigenvalue weighted by molar-refractivity contribution is 0.355. The highest BCUT2D eigenvalue weighted by molar-refractivity contribution is 7.98. The number of benzene rings is 2. The second kappa shape index (κ2) is 8.12.